The zero-order chi connectivity index (χ0) is 8.36. The number of halogens is 1. The fourth-order valence-corrected chi connectivity index (χ4v) is 1.43. The first kappa shape index (κ1) is 9.91. The second kappa shape index (κ2) is 3.34. The molecule has 0 amide bonds. The summed E-state index contributed by atoms with van der Waals surface area (Å²) in [7, 11) is -3.28. The van der Waals surface area contributed by atoms with Crippen LogP contribution in [0.2, 0.25) is 0 Å². The molecule has 0 aromatic heterocycles. The fourth-order valence-electron chi connectivity index (χ4n) is 0.325. The molecule has 0 unspecified atom stereocenters. The fraction of sp³-hybridized carbons (Fsp3) is 0.800. The van der Waals surface area contributed by atoms with E-state index >= 15 is 0 Å². The van der Waals surface area contributed by atoms with Crippen molar-refractivity contribution in [3.63, 3.8) is 0 Å². The molecule has 0 radical (unpaired) electrons. The lowest BCUT2D eigenvalue weighted by Crippen LogP contribution is -2.20. The third-order valence-corrected chi connectivity index (χ3v) is 3.43. The van der Waals surface area contributed by atoms with Gasteiger partial charge in [0.1, 0.15) is 5.75 Å². The maximum absolute atomic E-state index is 10.8. The summed E-state index contributed by atoms with van der Waals surface area (Å²) in [5.41, 5.74) is 0. The molecule has 0 saturated carbocycles. The number of rotatable bonds is 3. The van der Waals surface area contributed by atoms with Crippen LogP contribution in [0, 0.1) is 0 Å². The van der Waals surface area contributed by atoms with E-state index in [1.165, 1.54) is 13.8 Å². The lowest BCUT2D eigenvalue weighted by atomic mass is 10.6. The Bertz CT molecular complexity index is 217. The molecule has 0 aliphatic carbocycles. The predicted octanol–water partition coefficient (Wildman–Crippen LogP) is 0.575. The number of sulfone groups is 1. The zero-order valence-electron chi connectivity index (χ0n) is 5.80. The maximum Gasteiger partial charge on any atom is 0.236 e. The van der Waals surface area contributed by atoms with Crippen LogP contribution in [0.4, 0.5) is 0 Å². The quantitative estimate of drug-likeness (QED) is 0.603. The molecule has 60 valence electrons. The molecule has 0 rings (SSSR count). The van der Waals surface area contributed by atoms with E-state index in [9.17, 15) is 13.2 Å². The standard InChI is InChI=1S/C5H9ClO3S/c1-4(2)10(8,9)3-5(6)7/h4H,3H2,1-2H3. The van der Waals surface area contributed by atoms with E-state index in [-0.39, 0.29) is 0 Å². The first-order valence-electron chi connectivity index (χ1n) is 2.76. The Morgan fingerprint density at radius 1 is 1.50 bits per heavy atom. The predicted molar refractivity (Wildman–Crippen MR) is 39.8 cm³/mol. The topological polar surface area (TPSA) is 51.2 Å². The van der Waals surface area contributed by atoms with Crippen molar-refractivity contribution in [1.29, 1.82) is 0 Å². The molecule has 0 fully saturated rings. The highest BCUT2D eigenvalue weighted by Gasteiger charge is 2.18. The van der Waals surface area contributed by atoms with Crippen molar-refractivity contribution in [2.24, 2.45) is 0 Å². The Morgan fingerprint density at radius 2 is 1.90 bits per heavy atom. The van der Waals surface area contributed by atoms with Gasteiger partial charge in [-0.1, -0.05) is 0 Å². The molecule has 0 aromatic carbocycles. The minimum absolute atomic E-state index is 0.532. The van der Waals surface area contributed by atoms with Crippen LogP contribution in [0.5, 0.6) is 0 Å². The highest BCUT2D eigenvalue weighted by atomic mass is 35.5. The Kier molecular flexibility index (Phi) is 3.31. The van der Waals surface area contributed by atoms with Crippen LogP contribution in [-0.4, -0.2) is 24.7 Å². The Balaban J connectivity index is 4.31. The summed E-state index contributed by atoms with van der Waals surface area (Å²) in [4.78, 5) is 10.2. The number of hydrogen-bond donors (Lipinski definition) is 0. The van der Waals surface area contributed by atoms with Crippen molar-refractivity contribution < 1.29 is 13.2 Å². The first-order valence-corrected chi connectivity index (χ1v) is 4.85. The summed E-state index contributed by atoms with van der Waals surface area (Å²) >= 11 is 4.89. The van der Waals surface area contributed by atoms with Crippen LogP contribution in [0.25, 0.3) is 0 Å². The van der Waals surface area contributed by atoms with Gasteiger partial charge >= 0.3 is 0 Å². The lowest BCUT2D eigenvalue weighted by molar-refractivity contribution is -0.109. The molecule has 3 nitrogen and oxygen atoms in total. The normalized spacial score (nSPS) is 12.0. The van der Waals surface area contributed by atoms with Crippen LogP contribution in [-0.2, 0) is 14.6 Å². The largest absolute Gasteiger partial charge is 0.280 e. The van der Waals surface area contributed by atoms with E-state index < -0.39 is 26.1 Å². The van der Waals surface area contributed by atoms with Gasteiger partial charge in [0.2, 0.25) is 5.24 Å². The second-order valence-electron chi connectivity index (χ2n) is 2.21. The second-order valence-corrected chi connectivity index (χ2v) is 5.19. The maximum atomic E-state index is 10.8. The van der Waals surface area contributed by atoms with Crippen molar-refractivity contribution in [1.82, 2.24) is 0 Å². The SMILES string of the molecule is CC(C)S(=O)(=O)CC(=O)Cl. The van der Waals surface area contributed by atoms with E-state index in [4.69, 9.17) is 11.6 Å². The Labute approximate surface area is 65.3 Å². The van der Waals surface area contributed by atoms with Crippen LogP contribution >= 0.6 is 11.6 Å². The third-order valence-electron chi connectivity index (χ3n) is 1.03. The van der Waals surface area contributed by atoms with E-state index in [0.717, 1.165) is 0 Å². The number of hydrogen-bond acceptors (Lipinski definition) is 3. The summed E-state index contributed by atoms with van der Waals surface area (Å²) in [6, 6.07) is 0. The molecule has 5 heteroatoms. The first-order chi connectivity index (χ1) is 4.36. The summed E-state index contributed by atoms with van der Waals surface area (Å²) < 4.78 is 21.7. The molecule has 0 aliphatic heterocycles. The van der Waals surface area contributed by atoms with Crippen molar-refractivity contribution in [2.45, 2.75) is 19.1 Å². The average molecular weight is 185 g/mol. The van der Waals surface area contributed by atoms with E-state index in [1.807, 2.05) is 0 Å². The number of carbonyl (C=O) groups excluding carboxylic acids is 1. The minimum atomic E-state index is -3.28. The monoisotopic (exact) mass is 184 g/mol. The van der Waals surface area contributed by atoms with Crippen molar-refractivity contribution in [2.75, 3.05) is 5.75 Å². The van der Waals surface area contributed by atoms with Gasteiger partial charge in [0.15, 0.2) is 9.84 Å². The summed E-state index contributed by atoms with van der Waals surface area (Å²) in [5, 5.41) is -1.36. The molecular formula is C5H9ClO3S. The summed E-state index contributed by atoms with van der Waals surface area (Å²) in [6.07, 6.45) is 0. The molecule has 0 atom stereocenters. The van der Waals surface area contributed by atoms with Crippen molar-refractivity contribution in [3.8, 4) is 0 Å². The van der Waals surface area contributed by atoms with Gasteiger partial charge in [-0.25, -0.2) is 8.42 Å². The molecule has 0 N–H and O–H groups in total. The van der Waals surface area contributed by atoms with E-state index in [2.05, 4.69) is 0 Å². The van der Waals surface area contributed by atoms with Crippen LogP contribution in [0.1, 0.15) is 13.8 Å². The smallest absolute Gasteiger partial charge is 0.236 e. The average Bonchev–Trinajstić information content (AvgIpc) is 1.60. The van der Waals surface area contributed by atoms with Gasteiger partial charge in [-0.2, -0.15) is 0 Å². The highest BCUT2D eigenvalue weighted by Crippen LogP contribution is 2.01. The molecular weight excluding hydrogens is 176 g/mol. The molecule has 0 bridgehead atoms. The van der Waals surface area contributed by atoms with Gasteiger partial charge < -0.3 is 0 Å². The number of carbonyl (C=O) groups is 1. The molecule has 0 saturated heterocycles. The van der Waals surface area contributed by atoms with Gasteiger partial charge in [-0.05, 0) is 25.4 Å². The van der Waals surface area contributed by atoms with Gasteiger partial charge in [0.05, 0.1) is 5.25 Å². The summed E-state index contributed by atoms with van der Waals surface area (Å²) in [6.45, 7) is 3.02. The molecule has 0 aromatic rings. The lowest BCUT2D eigenvalue weighted by Gasteiger charge is -2.02. The molecule has 0 heterocycles. The van der Waals surface area contributed by atoms with E-state index in [1.54, 1.807) is 0 Å². The van der Waals surface area contributed by atoms with Gasteiger partial charge in [0, 0.05) is 0 Å². The van der Waals surface area contributed by atoms with Gasteiger partial charge in [0.25, 0.3) is 0 Å². The van der Waals surface area contributed by atoms with Crippen molar-refractivity contribution in [3.05, 3.63) is 0 Å². The third kappa shape index (κ3) is 3.17. The zero-order valence-corrected chi connectivity index (χ0v) is 7.37. The summed E-state index contributed by atoms with van der Waals surface area (Å²) in [5.74, 6) is -0.563. The molecule has 10 heavy (non-hydrogen) atoms. The minimum Gasteiger partial charge on any atom is -0.280 e. The van der Waals surface area contributed by atoms with E-state index in [0.29, 0.717) is 0 Å². The van der Waals surface area contributed by atoms with Crippen LogP contribution in [0.3, 0.4) is 0 Å². The highest BCUT2D eigenvalue weighted by molar-refractivity contribution is 7.92. The van der Waals surface area contributed by atoms with Crippen LogP contribution in [0.15, 0.2) is 0 Å². The Hall–Kier alpha value is -0.0900. The van der Waals surface area contributed by atoms with Crippen molar-refractivity contribution >= 4 is 26.7 Å². The Morgan fingerprint density at radius 3 is 2.00 bits per heavy atom. The van der Waals surface area contributed by atoms with Gasteiger partial charge in [-0.15, -0.1) is 0 Å². The molecule has 0 aliphatic rings. The molecule has 0 spiro atoms. The van der Waals surface area contributed by atoms with Gasteiger partial charge in [-0.3, -0.25) is 4.79 Å². The van der Waals surface area contributed by atoms with Crippen LogP contribution < -0.4 is 0 Å².